The summed E-state index contributed by atoms with van der Waals surface area (Å²) in [4.78, 5) is 12.7. The molecule has 1 aliphatic carbocycles. The lowest BCUT2D eigenvalue weighted by Gasteiger charge is -2.21. The number of nitrogens with one attached hydrogen (secondary N) is 1. The molecule has 0 bridgehead atoms. The number of anilines is 2. The van der Waals surface area contributed by atoms with E-state index < -0.39 is 0 Å². The molecule has 0 radical (unpaired) electrons. The van der Waals surface area contributed by atoms with Crippen LogP contribution in [0.3, 0.4) is 0 Å². The van der Waals surface area contributed by atoms with Crippen molar-refractivity contribution in [2.45, 2.75) is 39.2 Å². The molecule has 3 rings (SSSR count). The van der Waals surface area contributed by atoms with Gasteiger partial charge in [-0.1, -0.05) is 20.3 Å². The highest BCUT2D eigenvalue weighted by atomic mass is 15.4. The Morgan fingerprint density at radius 2 is 2.19 bits per heavy atom. The fraction of sp³-hybridized carbons (Fsp3) is 0.571. The molecule has 2 heterocycles. The molecule has 3 N–H and O–H groups in total. The Kier molecular flexibility index (Phi) is 3.72. The predicted molar refractivity (Wildman–Crippen MR) is 81.0 cm³/mol. The van der Waals surface area contributed by atoms with E-state index in [1.807, 2.05) is 6.07 Å². The van der Waals surface area contributed by atoms with Gasteiger partial charge in [-0.2, -0.15) is 20.1 Å². The van der Waals surface area contributed by atoms with Crippen LogP contribution in [-0.2, 0) is 0 Å². The van der Waals surface area contributed by atoms with Crippen molar-refractivity contribution in [3.05, 3.63) is 18.5 Å². The first-order valence-electron chi connectivity index (χ1n) is 7.45. The van der Waals surface area contributed by atoms with Crippen LogP contribution in [0.1, 0.15) is 33.1 Å². The molecule has 7 nitrogen and oxygen atoms in total. The summed E-state index contributed by atoms with van der Waals surface area (Å²) in [6.07, 6.45) is 7.07. The normalized spacial score (nSPS) is 25.1. The molecule has 1 saturated carbocycles. The van der Waals surface area contributed by atoms with Crippen LogP contribution in [0.15, 0.2) is 18.5 Å². The van der Waals surface area contributed by atoms with Gasteiger partial charge in [-0.05, 0) is 30.7 Å². The van der Waals surface area contributed by atoms with E-state index >= 15 is 0 Å². The molecular weight excluding hydrogens is 266 g/mol. The number of hydrogen-bond acceptors (Lipinski definition) is 6. The van der Waals surface area contributed by atoms with Crippen molar-refractivity contribution in [2.75, 3.05) is 11.1 Å². The fourth-order valence-electron chi connectivity index (χ4n) is 3.13. The lowest BCUT2D eigenvalue weighted by atomic mass is 9.94. The molecule has 0 aliphatic heterocycles. The fourth-order valence-corrected chi connectivity index (χ4v) is 3.13. The van der Waals surface area contributed by atoms with Crippen LogP contribution in [0.5, 0.6) is 0 Å². The van der Waals surface area contributed by atoms with E-state index in [-0.39, 0.29) is 5.95 Å². The van der Waals surface area contributed by atoms with E-state index in [9.17, 15) is 0 Å². The molecule has 0 spiro atoms. The molecule has 1 fully saturated rings. The van der Waals surface area contributed by atoms with Crippen LogP contribution in [0.25, 0.3) is 5.95 Å². The second-order valence-electron chi connectivity index (χ2n) is 5.62. The number of nitrogens with zero attached hydrogens (tertiary/aromatic N) is 5. The minimum absolute atomic E-state index is 0.204. The van der Waals surface area contributed by atoms with Gasteiger partial charge in [0.25, 0.3) is 5.95 Å². The van der Waals surface area contributed by atoms with E-state index in [0.717, 1.165) is 12.3 Å². The van der Waals surface area contributed by atoms with Crippen molar-refractivity contribution < 1.29 is 0 Å². The van der Waals surface area contributed by atoms with Gasteiger partial charge < -0.3 is 11.1 Å². The van der Waals surface area contributed by atoms with Crippen LogP contribution in [0.4, 0.5) is 11.9 Å². The third-order valence-electron chi connectivity index (χ3n) is 4.42. The number of nitrogens with two attached hydrogens (primary N) is 1. The smallest absolute Gasteiger partial charge is 0.257 e. The summed E-state index contributed by atoms with van der Waals surface area (Å²) in [5.74, 6) is 2.55. The Morgan fingerprint density at radius 1 is 1.33 bits per heavy atom. The SMILES string of the molecule is CCC1CCC(Nc2nc(N)nc(-n3cccn3)n2)C1C. The maximum Gasteiger partial charge on any atom is 0.257 e. The van der Waals surface area contributed by atoms with Gasteiger partial charge in [0.05, 0.1) is 0 Å². The highest BCUT2D eigenvalue weighted by molar-refractivity contribution is 5.36. The third-order valence-corrected chi connectivity index (χ3v) is 4.42. The first kappa shape index (κ1) is 13.8. The summed E-state index contributed by atoms with van der Waals surface area (Å²) in [5, 5.41) is 7.54. The van der Waals surface area contributed by atoms with Crippen molar-refractivity contribution in [3.63, 3.8) is 0 Å². The molecule has 112 valence electrons. The van der Waals surface area contributed by atoms with Gasteiger partial charge in [0.2, 0.25) is 11.9 Å². The lowest BCUT2D eigenvalue weighted by molar-refractivity contribution is 0.391. The lowest BCUT2D eigenvalue weighted by Crippen LogP contribution is -2.26. The molecule has 2 aromatic heterocycles. The number of hydrogen-bond donors (Lipinski definition) is 2. The average Bonchev–Trinajstić information content (AvgIpc) is 3.09. The van der Waals surface area contributed by atoms with Crippen LogP contribution in [0, 0.1) is 11.8 Å². The maximum atomic E-state index is 5.78. The average molecular weight is 287 g/mol. The molecule has 0 aromatic carbocycles. The Balaban J connectivity index is 1.80. The highest BCUT2D eigenvalue weighted by Gasteiger charge is 2.32. The summed E-state index contributed by atoms with van der Waals surface area (Å²) < 4.78 is 1.58. The van der Waals surface area contributed by atoms with Gasteiger partial charge in [-0.25, -0.2) is 4.68 Å². The zero-order chi connectivity index (χ0) is 14.8. The Morgan fingerprint density at radius 3 is 2.86 bits per heavy atom. The monoisotopic (exact) mass is 287 g/mol. The number of rotatable bonds is 4. The van der Waals surface area contributed by atoms with E-state index in [1.165, 1.54) is 12.8 Å². The molecule has 3 atom stereocenters. The second-order valence-corrected chi connectivity index (χ2v) is 5.62. The van der Waals surface area contributed by atoms with Crippen molar-refractivity contribution in [1.82, 2.24) is 24.7 Å². The Labute approximate surface area is 124 Å². The molecule has 21 heavy (non-hydrogen) atoms. The molecule has 3 unspecified atom stereocenters. The number of aromatic nitrogens is 5. The van der Waals surface area contributed by atoms with Crippen molar-refractivity contribution >= 4 is 11.9 Å². The molecular formula is C14H21N7. The van der Waals surface area contributed by atoms with E-state index in [0.29, 0.717) is 23.9 Å². The number of nitrogen functional groups attached to an aromatic ring is 1. The van der Waals surface area contributed by atoms with Crippen LogP contribution >= 0.6 is 0 Å². The van der Waals surface area contributed by atoms with Gasteiger partial charge in [-0.15, -0.1) is 0 Å². The van der Waals surface area contributed by atoms with E-state index in [4.69, 9.17) is 5.73 Å². The molecule has 7 heteroatoms. The van der Waals surface area contributed by atoms with Gasteiger partial charge in [-0.3, -0.25) is 0 Å². The minimum Gasteiger partial charge on any atom is -0.368 e. The largest absolute Gasteiger partial charge is 0.368 e. The summed E-state index contributed by atoms with van der Waals surface area (Å²) in [6, 6.07) is 2.21. The first-order chi connectivity index (χ1) is 10.2. The van der Waals surface area contributed by atoms with Gasteiger partial charge in [0.1, 0.15) is 0 Å². The summed E-state index contributed by atoms with van der Waals surface area (Å²) in [6.45, 7) is 4.54. The van der Waals surface area contributed by atoms with Crippen molar-refractivity contribution in [3.8, 4) is 5.95 Å². The van der Waals surface area contributed by atoms with Crippen LogP contribution in [-0.4, -0.2) is 30.8 Å². The van der Waals surface area contributed by atoms with E-state index in [1.54, 1.807) is 17.1 Å². The van der Waals surface area contributed by atoms with Crippen LogP contribution in [0.2, 0.25) is 0 Å². The second kappa shape index (κ2) is 5.67. The highest BCUT2D eigenvalue weighted by Crippen LogP contribution is 2.35. The Hall–Kier alpha value is -2.18. The topological polar surface area (TPSA) is 94.5 Å². The predicted octanol–water partition coefficient (Wildman–Crippen LogP) is 1.88. The summed E-state index contributed by atoms with van der Waals surface area (Å²) in [5.41, 5.74) is 5.78. The zero-order valence-corrected chi connectivity index (χ0v) is 12.4. The third kappa shape index (κ3) is 2.81. The summed E-state index contributed by atoms with van der Waals surface area (Å²) in [7, 11) is 0. The van der Waals surface area contributed by atoms with Crippen molar-refractivity contribution in [2.24, 2.45) is 11.8 Å². The Bertz CT molecular complexity index is 595. The van der Waals surface area contributed by atoms with Crippen LogP contribution < -0.4 is 11.1 Å². The molecule has 0 amide bonds. The summed E-state index contributed by atoms with van der Waals surface area (Å²) >= 11 is 0. The quantitative estimate of drug-likeness (QED) is 0.891. The maximum absolute atomic E-state index is 5.78. The van der Waals surface area contributed by atoms with E-state index in [2.05, 4.69) is 39.2 Å². The first-order valence-corrected chi connectivity index (χ1v) is 7.45. The molecule has 2 aromatic rings. The van der Waals surface area contributed by atoms with Gasteiger partial charge >= 0.3 is 0 Å². The zero-order valence-electron chi connectivity index (χ0n) is 12.4. The van der Waals surface area contributed by atoms with Gasteiger partial charge in [0, 0.05) is 18.4 Å². The molecule has 1 aliphatic rings. The standard InChI is InChI=1S/C14H21N7/c1-3-10-5-6-11(9(10)2)17-13-18-12(15)19-14(20-13)21-8-4-7-16-21/h4,7-11H,3,5-6H2,1-2H3,(H3,15,17,18,19,20). The van der Waals surface area contributed by atoms with Gasteiger partial charge in [0.15, 0.2) is 0 Å². The minimum atomic E-state index is 0.204. The van der Waals surface area contributed by atoms with Crippen molar-refractivity contribution in [1.29, 1.82) is 0 Å². The molecule has 0 saturated heterocycles.